The summed E-state index contributed by atoms with van der Waals surface area (Å²) in [6.07, 6.45) is 1.50. The van der Waals surface area contributed by atoms with Crippen molar-refractivity contribution in [2.45, 2.75) is 6.92 Å². The van der Waals surface area contributed by atoms with Gasteiger partial charge in [0.15, 0.2) is 5.65 Å². The molecule has 0 aromatic carbocycles. The van der Waals surface area contributed by atoms with Gasteiger partial charge < -0.3 is 0 Å². The molecule has 0 aliphatic rings. The summed E-state index contributed by atoms with van der Waals surface area (Å²) < 4.78 is 7.98. The molecule has 10 heavy (non-hydrogen) atoms. The summed E-state index contributed by atoms with van der Waals surface area (Å²) in [6.45, 7) is 1.89. The van der Waals surface area contributed by atoms with E-state index in [1.54, 1.807) is 0 Å². The molecule has 0 saturated carbocycles. The van der Waals surface area contributed by atoms with Crippen LogP contribution in [-0.4, -0.2) is 18.7 Å². The van der Waals surface area contributed by atoms with E-state index in [0.717, 1.165) is 22.9 Å². The predicted molar refractivity (Wildman–Crippen MR) is 37.7 cm³/mol. The first-order valence-corrected chi connectivity index (χ1v) is 3.51. The van der Waals surface area contributed by atoms with Gasteiger partial charge in [-0.2, -0.15) is 8.75 Å². The molecule has 0 radical (unpaired) electrons. The maximum atomic E-state index is 4.02. The monoisotopic (exact) mass is 152 g/mol. The lowest BCUT2D eigenvalue weighted by molar-refractivity contribution is 1.14. The van der Waals surface area contributed by atoms with Crippen molar-refractivity contribution in [2.75, 3.05) is 0 Å². The fraction of sp³-hybridized carbons (Fsp3) is 0.200. The van der Waals surface area contributed by atoms with E-state index >= 15 is 0 Å². The summed E-state index contributed by atoms with van der Waals surface area (Å²) in [5, 5.41) is 0. The SMILES string of the molecule is Cc1ncnc2nsnc12. The van der Waals surface area contributed by atoms with Crippen molar-refractivity contribution in [3.63, 3.8) is 0 Å². The second kappa shape index (κ2) is 1.95. The average Bonchev–Trinajstić information content (AvgIpc) is 2.36. The van der Waals surface area contributed by atoms with E-state index in [9.17, 15) is 0 Å². The molecular formula is C5H4N4S. The standard InChI is InChI=1S/C5H4N4S/c1-3-4-5(7-2-6-3)9-10-8-4/h2H,1H3. The summed E-state index contributed by atoms with van der Waals surface area (Å²) in [4.78, 5) is 7.90. The van der Waals surface area contributed by atoms with Crippen LogP contribution in [0.15, 0.2) is 6.33 Å². The van der Waals surface area contributed by atoms with Gasteiger partial charge in [-0.1, -0.05) is 0 Å². The van der Waals surface area contributed by atoms with E-state index in [2.05, 4.69) is 18.7 Å². The Bertz CT molecular complexity index is 355. The third kappa shape index (κ3) is 0.672. The Morgan fingerprint density at radius 3 is 3.00 bits per heavy atom. The summed E-state index contributed by atoms with van der Waals surface area (Å²) >= 11 is 1.16. The molecule has 2 aromatic rings. The molecular weight excluding hydrogens is 148 g/mol. The van der Waals surface area contributed by atoms with Gasteiger partial charge in [-0.3, -0.25) is 0 Å². The van der Waals surface area contributed by atoms with Crippen LogP contribution in [0.25, 0.3) is 11.2 Å². The van der Waals surface area contributed by atoms with E-state index < -0.39 is 0 Å². The zero-order chi connectivity index (χ0) is 6.97. The number of hydrogen-bond acceptors (Lipinski definition) is 5. The Morgan fingerprint density at radius 1 is 1.30 bits per heavy atom. The van der Waals surface area contributed by atoms with Crippen LogP contribution in [0.2, 0.25) is 0 Å². The smallest absolute Gasteiger partial charge is 0.196 e. The Balaban J connectivity index is 2.95. The van der Waals surface area contributed by atoms with E-state index in [1.165, 1.54) is 6.33 Å². The molecule has 0 N–H and O–H groups in total. The molecule has 0 fully saturated rings. The molecule has 0 saturated heterocycles. The number of aromatic nitrogens is 4. The molecule has 0 bridgehead atoms. The van der Waals surface area contributed by atoms with Crippen LogP contribution < -0.4 is 0 Å². The van der Waals surface area contributed by atoms with Gasteiger partial charge in [0.1, 0.15) is 11.8 Å². The second-order valence-electron chi connectivity index (χ2n) is 1.90. The first-order chi connectivity index (χ1) is 4.88. The maximum Gasteiger partial charge on any atom is 0.196 e. The molecule has 5 heteroatoms. The molecule has 0 aliphatic carbocycles. The largest absolute Gasteiger partial charge is 0.239 e. The number of nitrogens with zero attached hydrogens (tertiary/aromatic N) is 4. The lowest BCUT2D eigenvalue weighted by Gasteiger charge is -1.86. The van der Waals surface area contributed by atoms with Crippen molar-refractivity contribution in [2.24, 2.45) is 0 Å². The zero-order valence-electron chi connectivity index (χ0n) is 5.27. The minimum atomic E-state index is 0.692. The van der Waals surface area contributed by atoms with Crippen molar-refractivity contribution in [3.8, 4) is 0 Å². The Kier molecular flexibility index (Phi) is 1.10. The van der Waals surface area contributed by atoms with Gasteiger partial charge >= 0.3 is 0 Å². The van der Waals surface area contributed by atoms with Crippen LogP contribution in [-0.2, 0) is 0 Å². The van der Waals surface area contributed by atoms with Crippen molar-refractivity contribution < 1.29 is 0 Å². The second-order valence-corrected chi connectivity index (χ2v) is 2.42. The predicted octanol–water partition coefficient (Wildman–Crippen LogP) is 0.790. The highest BCUT2D eigenvalue weighted by atomic mass is 32.1. The van der Waals surface area contributed by atoms with Crippen LogP contribution in [0.3, 0.4) is 0 Å². The van der Waals surface area contributed by atoms with Crippen molar-refractivity contribution in [1.29, 1.82) is 0 Å². The highest BCUT2D eigenvalue weighted by molar-refractivity contribution is 7.00. The maximum absolute atomic E-state index is 4.02. The first kappa shape index (κ1) is 5.67. The normalized spacial score (nSPS) is 10.5. The topological polar surface area (TPSA) is 51.6 Å². The average molecular weight is 152 g/mol. The van der Waals surface area contributed by atoms with Crippen LogP contribution in [0.5, 0.6) is 0 Å². The summed E-state index contributed by atoms with van der Waals surface area (Å²) in [6, 6.07) is 0. The van der Waals surface area contributed by atoms with E-state index in [4.69, 9.17) is 0 Å². The molecule has 2 heterocycles. The first-order valence-electron chi connectivity index (χ1n) is 2.78. The minimum Gasteiger partial charge on any atom is -0.239 e. The van der Waals surface area contributed by atoms with Gasteiger partial charge in [-0.25, -0.2) is 9.97 Å². The van der Waals surface area contributed by atoms with Crippen LogP contribution in [0, 0.1) is 6.92 Å². The summed E-state index contributed by atoms with van der Waals surface area (Å²) in [5.74, 6) is 0. The van der Waals surface area contributed by atoms with Gasteiger partial charge in [0, 0.05) is 0 Å². The Hall–Kier alpha value is -1.10. The summed E-state index contributed by atoms with van der Waals surface area (Å²) in [5.41, 5.74) is 2.39. The number of aryl methyl sites for hydroxylation is 1. The van der Waals surface area contributed by atoms with Gasteiger partial charge in [0.2, 0.25) is 0 Å². The highest BCUT2D eigenvalue weighted by Gasteiger charge is 2.01. The van der Waals surface area contributed by atoms with Gasteiger partial charge in [0.05, 0.1) is 17.4 Å². The number of rotatable bonds is 0. The number of fused-ring (bicyclic) bond motifs is 1. The van der Waals surface area contributed by atoms with E-state index in [-0.39, 0.29) is 0 Å². The zero-order valence-corrected chi connectivity index (χ0v) is 6.09. The summed E-state index contributed by atoms with van der Waals surface area (Å²) in [7, 11) is 0. The van der Waals surface area contributed by atoms with E-state index in [1.807, 2.05) is 6.92 Å². The molecule has 2 rings (SSSR count). The molecule has 0 aliphatic heterocycles. The molecule has 0 atom stereocenters. The molecule has 50 valence electrons. The van der Waals surface area contributed by atoms with Crippen LogP contribution in [0.4, 0.5) is 0 Å². The van der Waals surface area contributed by atoms with Gasteiger partial charge in [-0.15, -0.1) is 0 Å². The lowest BCUT2D eigenvalue weighted by atomic mass is 10.4. The lowest BCUT2D eigenvalue weighted by Crippen LogP contribution is -1.84. The Morgan fingerprint density at radius 2 is 2.20 bits per heavy atom. The van der Waals surface area contributed by atoms with Crippen molar-refractivity contribution in [3.05, 3.63) is 12.0 Å². The molecule has 0 spiro atoms. The fourth-order valence-electron chi connectivity index (χ4n) is 0.728. The van der Waals surface area contributed by atoms with Gasteiger partial charge in [-0.05, 0) is 6.92 Å². The minimum absolute atomic E-state index is 0.692. The molecule has 0 unspecified atom stereocenters. The van der Waals surface area contributed by atoms with Crippen molar-refractivity contribution in [1.82, 2.24) is 18.7 Å². The quantitative estimate of drug-likeness (QED) is 0.560. The molecule has 4 nitrogen and oxygen atoms in total. The van der Waals surface area contributed by atoms with E-state index in [0.29, 0.717) is 5.65 Å². The third-order valence-corrected chi connectivity index (χ3v) is 1.76. The Labute approximate surface area is 61.3 Å². The van der Waals surface area contributed by atoms with Gasteiger partial charge in [0.25, 0.3) is 0 Å². The highest BCUT2D eigenvalue weighted by Crippen LogP contribution is 2.09. The van der Waals surface area contributed by atoms with Crippen LogP contribution in [0.1, 0.15) is 5.69 Å². The fourth-order valence-corrected chi connectivity index (χ4v) is 1.28. The number of hydrogen-bond donors (Lipinski definition) is 0. The molecule has 0 amide bonds. The third-order valence-electron chi connectivity index (χ3n) is 1.25. The molecule has 2 aromatic heterocycles. The van der Waals surface area contributed by atoms with Crippen molar-refractivity contribution >= 4 is 22.9 Å². The van der Waals surface area contributed by atoms with Crippen LogP contribution >= 0.6 is 11.7 Å².